The zero-order chi connectivity index (χ0) is 17.3. The lowest BCUT2D eigenvalue weighted by Crippen LogP contribution is -2.46. The Bertz CT molecular complexity index is 615. The van der Waals surface area contributed by atoms with E-state index in [0.717, 1.165) is 17.0 Å². The Labute approximate surface area is 133 Å². The Hall–Kier alpha value is -1.13. The van der Waals surface area contributed by atoms with Crippen molar-refractivity contribution in [2.45, 2.75) is 38.7 Å². The van der Waals surface area contributed by atoms with Gasteiger partial charge in [0.1, 0.15) is 5.76 Å². The lowest BCUT2D eigenvalue weighted by molar-refractivity contribution is -0.0496. The predicted molar refractivity (Wildman–Crippen MR) is 77.0 cm³/mol. The molecular formula is C13H20F3N3O3S. The first-order valence-electron chi connectivity index (χ1n) is 7.32. The highest BCUT2D eigenvalue weighted by Gasteiger charge is 2.50. The fourth-order valence-corrected chi connectivity index (χ4v) is 3.64. The summed E-state index contributed by atoms with van der Waals surface area (Å²) < 4.78 is 65.7. The van der Waals surface area contributed by atoms with Gasteiger partial charge in [-0.15, -0.1) is 0 Å². The van der Waals surface area contributed by atoms with Gasteiger partial charge < -0.3 is 9.84 Å². The second-order valence-electron chi connectivity index (χ2n) is 5.73. The molecule has 0 aliphatic carbocycles. The number of sulfonamides is 1. The molecule has 1 aliphatic heterocycles. The van der Waals surface area contributed by atoms with Gasteiger partial charge in [-0.05, 0) is 39.2 Å². The number of nitrogens with one attached hydrogen (secondary N) is 1. The minimum Gasteiger partial charge on any atom is -0.361 e. The van der Waals surface area contributed by atoms with Crippen molar-refractivity contribution in [2.24, 2.45) is 5.92 Å². The quantitative estimate of drug-likeness (QED) is 0.874. The molecule has 6 nitrogen and oxygen atoms in total. The largest absolute Gasteiger partial charge is 0.511 e. The van der Waals surface area contributed by atoms with Crippen molar-refractivity contribution < 1.29 is 26.1 Å². The van der Waals surface area contributed by atoms with Crippen LogP contribution >= 0.6 is 0 Å². The van der Waals surface area contributed by atoms with E-state index in [2.05, 4.69) is 10.5 Å². The molecule has 0 atom stereocenters. The van der Waals surface area contributed by atoms with Gasteiger partial charge in [0.2, 0.25) is 0 Å². The fraction of sp³-hybridized carbons (Fsp3) is 0.769. The lowest BCUT2D eigenvalue weighted by Gasteiger charge is -2.31. The summed E-state index contributed by atoms with van der Waals surface area (Å²) in [6.45, 7) is 4.65. The number of aromatic nitrogens is 1. The van der Waals surface area contributed by atoms with Gasteiger partial charge in [-0.2, -0.15) is 17.5 Å². The Morgan fingerprint density at radius 3 is 2.39 bits per heavy atom. The van der Waals surface area contributed by atoms with Crippen LogP contribution in [0.15, 0.2) is 4.52 Å². The number of piperidine rings is 1. The van der Waals surface area contributed by atoms with Gasteiger partial charge in [0.25, 0.3) is 0 Å². The van der Waals surface area contributed by atoms with Crippen LogP contribution < -0.4 is 5.32 Å². The minimum atomic E-state index is -5.22. The van der Waals surface area contributed by atoms with Gasteiger partial charge in [0.05, 0.1) is 5.69 Å². The molecule has 0 spiro atoms. The van der Waals surface area contributed by atoms with Crippen LogP contribution in [0.25, 0.3) is 0 Å². The maximum absolute atomic E-state index is 12.5. The molecular weight excluding hydrogens is 335 g/mol. The van der Waals surface area contributed by atoms with Crippen LogP contribution in [0.5, 0.6) is 0 Å². The zero-order valence-electron chi connectivity index (χ0n) is 13.0. The van der Waals surface area contributed by atoms with Gasteiger partial charge >= 0.3 is 15.5 Å². The molecule has 2 heterocycles. The number of nitrogens with zero attached hydrogens (tertiary/aromatic N) is 2. The molecule has 2 rings (SSSR count). The molecule has 0 amide bonds. The topological polar surface area (TPSA) is 75.4 Å². The number of hydrogen-bond acceptors (Lipinski definition) is 5. The minimum absolute atomic E-state index is 0.0977. The van der Waals surface area contributed by atoms with Gasteiger partial charge in [0.15, 0.2) is 0 Å². The number of rotatable bonds is 5. The summed E-state index contributed by atoms with van der Waals surface area (Å²) in [6.07, 6.45) is 0.813. The van der Waals surface area contributed by atoms with Gasteiger partial charge in [-0.3, -0.25) is 0 Å². The molecule has 1 aliphatic rings. The van der Waals surface area contributed by atoms with Gasteiger partial charge in [-0.25, -0.2) is 8.42 Å². The Kier molecular flexibility index (Phi) is 5.37. The highest BCUT2D eigenvalue weighted by molar-refractivity contribution is 7.90. The third-order valence-corrected chi connectivity index (χ3v) is 5.75. The highest BCUT2D eigenvalue weighted by Crippen LogP contribution is 2.30. The number of aryl methyl sites for hydroxylation is 2. The van der Waals surface area contributed by atoms with E-state index in [0.29, 0.717) is 30.2 Å². The first-order valence-corrected chi connectivity index (χ1v) is 8.76. The average Bonchev–Trinajstić information content (AvgIpc) is 2.78. The Morgan fingerprint density at radius 1 is 1.30 bits per heavy atom. The first-order chi connectivity index (χ1) is 10.6. The average molecular weight is 355 g/mol. The van der Waals surface area contributed by atoms with E-state index >= 15 is 0 Å². The molecule has 132 valence electrons. The smallest absolute Gasteiger partial charge is 0.361 e. The SMILES string of the molecule is Cc1noc(C)c1CNCC1CCN(S(=O)(=O)C(F)(F)F)CC1. The van der Waals surface area contributed by atoms with Crippen molar-refractivity contribution in [3.8, 4) is 0 Å². The van der Waals surface area contributed by atoms with Crippen molar-refractivity contribution >= 4 is 10.0 Å². The van der Waals surface area contributed by atoms with Crippen LogP contribution in [0.2, 0.25) is 0 Å². The molecule has 0 saturated carbocycles. The van der Waals surface area contributed by atoms with Crippen LogP contribution in [0.3, 0.4) is 0 Å². The zero-order valence-corrected chi connectivity index (χ0v) is 13.8. The summed E-state index contributed by atoms with van der Waals surface area (Å²) in [5.41, 5.74) is -3.44. The van der Waals surface area contributed by atoms with E-state index in [-0.39, 0.29) is 19.0 Å². The second kappa shape index (κ2) is 6.78. The molecule has 23 heavy (non-hydrogen) atoms. The molecule has 0 bridgehead atoms. The monoisotopic (exact) mass is 355 g/mol. The number of hydrogen-bond donors (Lipinski definition) is 1. The van der Waals surface area contributed by atoms with Crippen molar-refractivity contribution in [1.29, 1.82) is 0 Å². The molecule has 1 fully saturated rings. The van der Waals surface area contributed by atoms with Crippen molar-refractivity contribution in [2.75, 3.05) is 19.6 Å². The molecule has 0 unspecified atom stereocenters. The molecule has 1 aromatic rings. The van der Waals surface area contributed by atoms with Crippen LogP contribution in [0.4, 0.5) is 13.2 Å². The molecule has 1 aromatic heterocycles. The van der Waals surface area contributed by atoms with E-state index < -0.39 is 15.5 Å². The normalized spacial score (nSPS) is 18.5. The summed E-state index contributed by atoms with van der Waals surface area (Å²) in [5.74, 6) is 0.885. The summed E-state index contributed by atoms with van der Waals surface area (Å²) >= 11 is 0. The molecule has 0 aromatic carbocycles. The molecule has 1 saturated heterocycles. The third kappa shape index (κ3) is 4.04. The summed E-state index contributed by atoms with van der Waals surface area (Å²) in [6, 6.07) is 0. The maximum Gasteiger partial charge on any atom is 0.511 e. The maximum atomic E-state index is 12.5. The van der Waals surface area contributed by atoms with Crippen LogP contribution in [-0.4, -0.2) is 43.0 Å². The first kappa shape index (κ1) is 18.2. The Balaban J connectivity index is 1.80. The lowest BCUT2D eigenvalue weighted by atomic mass is 9.98. The Morgan fingerprint density at radius 2 is 1.91 bits per heavy atom. The predicted octanol–water partition coefficient (Wildman–Crippen LogP) is 1.94. The summed E-state index contributed by atoms with van der Waals surface area (Å²) in [4.78, 5) is 0. The summed E-state index contributed by atoms with van der Waals surface area (Å²) in [7, 11) is -5.20. The van der Waals surface area contributed by atoms with Crippen LogP contribution in [0, 0.1) is 19.8 Å². The van der Waals surface area contributed by atoms with Crippen molar-refractivity contribution in [3.63, 3.8) is 0 Å². The molecule has 10 heteroatoms. The van der Waals surface area contributed by atoms with Crippen LogP contribution in [-0.2, 0) is 16.6 Å². The van der Waals surface area contributed by atoms with Crippen LogP contribution in [0.1, 0.15) is 29.9 Å². The van der Waals surface area contributed by atoms with E-state index in [9.17, 15) is 21.6 Å². The van der Waals surface area contributed by atoms with Gasteiger partial charge in [0, 0.05) is 25.2 Å². The van der Waals surface area contributed by atoms with E-state index in [1.165, 1.54) is 0 Å². The molecule has 1 N–H and O–H groups in total. The summed E-state index contributed by atoms with van der Waals surface area (Å²) in [5, 5.41) is 7.08. The second-order valence-corrected chi connectivity index (χ2v) is 7.66. The van der Waals surface area contributed by atoms with Crippen molar-refractivity contribution in [3.05, 3.63) is 17.0 Å². The van der Waals surface area contributed by atoms with E-state index in [1.54, 1.807) is 0 Å². The van der Waals surface area contributed by atoms with Gasteiger partial charge in [-0.1, -0.05) is 5.16 Å². The highest BCUT2D eigenvalue weighted by atomic mass is 32.2. The number of halogens is 3. The van der Waals surface area contributed by atoms with E-state index in [1.807, 2.05) is 13.8 Å². The van der Waals surface area contributed by atoms with Crippen molar-refractivity contribution in [1.82, 2.24) is 14.8 Å². The third-order valence-electron chi connectivity index (χ3n) is 4.12. The fourth-order valence-electron chi connectivity index (χ4n) is 2.66. The number of alkyl halides is 3. The standard InChI is InChI=1S/C13H20F3N3O3S/c1-9-12(10(2)22-18-9)8-17-7-11-3-5-19(6-4-11)23(20,21)13(14,15)16/h11,17H,3-8H2,1-2H3. The van der Waals surface area contributed by atoms with E-state index in [4.69, 9.17) is 4.52 Å². The molecule has 0 radical (unpaired) electrons.